The maximum absolute atomic E-state index is 12.3. The van der Waals surface area contributed by atoms with Crippen LogP contribution in [-0.2, 0) is 14.3 Å². The molecule has 0 aromatic rings. The number of hydrogen-bond acceptors (Lipinski definition) is 3. The maximum Gasteiger partial charge on any atom is 0.225 e. The predicted molar refractivity (Wildman–Crippen MR) is 67.3 cm³/mol. The van der Waals surface area contributed by atoms with Crippen molar-refractivity contribution in [2.75, 3.05) is 26.3 Å². The van der Waals surface area contributed by atoms with Gasteiger partial charge >= 0.3 is 0 Å². The first kappa shape index (κ1) is 12.4. The molecular formula is C14H23NO3. The van der Waals surface area contributed by atoms with Crippen molar-refractivity contribution in [3.63, 3.8) is 0 Å². The Morgan fingerprint density at radius 1 is 0.944 bits per heavy atom. The van der Waals surface area contributed by atoms with E-state index in [1.165, 1.54) is 0 Å². The molecule has 0 spiro atoms. The van der Waals surface area contributed by atoms with Gasteiger partial charge < -0.3 is 14.4 Å². The molecule has 0 aromatic heterocycles. The SMILES string of the molecule is O=C(C1CC1)N(CC1CCCO1)CC1CCCO1. The summed E-state index contributed by atoms with van der Waals surface area (Å²) in [6.45, 7) is 3.26. The Morgan fingerprint density at radius 2 is 1.50 bits per heavy atom. The third-order valence-corrected chi connectivity index (χ3v) is 4.13. The molecule has 2 heterocycles. The molecular weight excluding hydrogens is 230 g/mol. The number of carbonyl (C=O) groups is 1. The quantitative estimate of drug-likeness (QED) is 0.747. The van der Waals surface area contributed by atoms with Crippen molar-refractivity contribution < 1.29 is 14.3 Å². The second-order valence-corrected chi connectivity index (χ2v) is 5.79. The minimum atomic E-state index is 0.258. The molecule has 3 rings (SSSR count). The van der Waals surface area contributed by atoms with E-state index in [1.807, 2.05) is 4.90 Å². The highest BCUT2D eigenvalue weighted by atomic mass is 16.5. The number of hydrogen-bond donors (Lipinski definition) is 0. The Labute approximate surface area is 109 Å². The Kier molecular flexibility index (Phi) is 3.85. The van der Waals surface area contributed by atoms with Crippen LogP contribution in [0.1, 0.15) is 38.5 Å². The Bertz CT molecular complexity index is 273. The summed E-state index contributed by atoms with van der Waals surface area (Å²) in [4.78, 5) is 14.3. The van der Waals surface area contributed by atoms with Crippen LogP contribution in [0.2, 0.25) is 0 Å². The molecule has 2 unspecified atom stereocenters. The van der Waals surface area contributed by atoms with Crippen molar-refractivity contribution in [3.8, 4) is 0 Å². The lowest BCUT2D eigenvalue weighted by atomic mass is 10.2. The summed E-state index contributed by atoms with van der Waals surface area (Å²) in [6, 6.07) is 0. The van der Waals surface area contributed by atoms with Gasteiger partial charge in [0.25, 0.3) is 0 Å². The number of nitrogens with zero attached hydrogens (tertiary/aromatic N) is 1. The smallest absolute Gasteiger partial charge is 0.225 e. The summed E-state index contributed by atoms with van der Waals surface area (Å²) >= 11 is 0. The van der Waals surface area contributed by atoms with E-state index < -0.39 is 0 Å². The van der Waals surface area contributed by atoms with Gasteiger partial charge in [0, 0.05) is 32.2 Å². The molecule has 0 radical (unpaired) electrons. The lowest BCUT2D eigenvalue weighted by Crippen LogP contribution is -2.42. The van der Waals surface area contributed by atoms with E-state index in [9.17, 15) is 4.79 Å². The van der Waals surface area contributed by atoms with Crippen molar-refractivity contribution in [3.05, 3.63) is 0 Å². The first-order valence-electron chi connectivity index (χ1n) is 7.35. The Balaban J connectivity index is 1.56. The van der Waals surface area contributed by atoms with E-state index in [4.69, 9.17) is 9.47 Å². The molecule has 3 fully saturated rings. The van der Waals surface area contributed by atoms with Gasteiger partial charge in [-0.2, -0.15) is 0 Å². The van der Waals surface area contributed by atoms with E-state index in [2.05, 4.69) is 0 Å². The molecule has 0 bridgehead atoms. The van der Waals surface area contributed by atoms with Gasteiger partial charge in [0.05, 0.1) is 12.2 Å². The summed E-state index contributed by atoms with van der Waals surface area (Å²) in [7, 11) is 0. The van der Waals surface area contributed by atoms with Crippen LogP contribution in [0.3, 0.4) is 0 Å². The van der Waals surface area contributed by atoms with Gasteiger partial charge in [-0.05, 0) is 38.5 Å². The van der Waals surface area contributed by atoms with Crippen LogP contribution in [0, 0.1) is 5.92 Å². The summed E-state index contributed by atoms with van der Waals surface area (Å²) in [5, 5.41) is 0. The molecule has 3 aliphatic rings. The molecule has 2 atom stereocenters. The van der Waals surface area contributed by atoms with E-state index in [0.717, 1.165) is 64.8 Å². The average Bonchev–Trinajstić information content (AvgIpc) is 2.88. The molecule has 18 heavy (non-hydrogen) atoms. The molecule has 4 nitrogen and oxygen atoms in total. The van der Waals surface area contributed by atoms with Gasteiger partial charge in [0.2, 0.25) is 5.91 Å². The Morgan fingerprint density at radius 3 is 1.89 bits per heavy atom. The van der Waals surface area contributed by atoms with Gasteiger partial charge in [-0.15, -0.1) is 0 Å². The van der Waals surface area contributed by atoms with E-state index >= 15 is 0 Å². The number of carbonyl (C=O) groups excluding carboxylic acids is 1. The zero-order valence-corrected chi connectivity index (χ0v) is 11.0. The van der Waals surface area contributed by atoms with Crippen molar-refractivity contribution >= 4 is 5.91 Å². The normalized spacial score (nSPS) is 31.8. The molecule has 0 N–H and O–H groups in total. The van der Waals surface area contributed by atoms with Gasteiger partial charge in [0.15, 0.2) is 0 Å². The van der Waals surface area contributed by atoms with Gasteiger partial charge in [-0.3, -0.25) is 4.79 Å². The first-order chi connectivity index (χ1) is 8.83. The largest absolute Gasteiger partial charge is 0.376 e. The van der Waals surface area contributed by atoms with E-state index in [1.54, 1.807) is 0 Å². The maximum atomic E-state index is 12.3. The second kappa shape index (κ2) is 5.57. The highest BCUT2D eigenvalue weighted by Crippen LogP contribution is 2.32. The van der Waals surface area contributed by atoms with Gasteiger partial charge in [0.1, 0.15) is 0 Å². The van der Waals surface area contributed by atoms with Crippen LogP contribution in [0.15, 0.2) is 0 Å². The zero-order chi connectivity index (χ0) is 12.4. The third-order valence-electron chi connectivity index (χ3n) is 4.13. The van der Waals surface area contributed by atoms with Gasteiger partial charge in [-0.1, -0.05) is 0 Å². The van der Waals surface area contributed by atoms with Crippen LogP contribution in [-0.4, -0.2) is 49.3 Å². The minimum Gasteiger partial charge on any atom is -0.376 e. The number of amides is 1. The van der Waals surface area contributed by atoms with Crippen LogP contribution >= 0.6 is 0 Å². The van der Waals surface area contributed by atoms with E-state index in [-0.39, 0.29) is 12.2 Å². The van der Waals surface area contributed by atoms with E-state index in [0.29, 0.717) is 11.8 Å². The summed E-state index contributed by atoms with van der Waals surface area (Å²) < 4.78 is 11.3. The minimum absolute atomic E-state index is 0.258. The third kappa shape index (κ3) is 3.04. The monoisotopic (exact) mass is 253 g/mol. The fourth-order valence-corrected chi connectivity index (χ4v) is 2.91. The molecule has 2 saturated heterocycles. The molecule has 2 aliphatic heterocycles. The topological polar surface area (TPSA) is 38.8 Å². The standard InChI is InChI=1S/C14H23NO3/c16-14(11-5-6-11)15(9-12-3-1-7-17-12)10-13-4-2-8-18-13/h11-13H,1-10H2. The first-order valence-corrected chi connectivity index (χ1v) is 7.35. The van der Waals surface area contributed by atoms with Crippen LogP contribution in [0.5, 0.6) is 0 Å². The fourth-order valence-electron chi connectivity index (χ4n) is 2.91. The highest BCUT2D eigenvalue weighted by Gasteiger charge is 2.36. The summed E-state index contributed by atoms with van der Waals surface area (Å²) in [5.74, 6) is 0.633. The lowest BCUT2D eigenvalue weighted by molar-refractivity contribution is -0.135. The predicted octanol–water partition coefficient (Wildman–Crippen LogP) is 1.58. The van der Waals surface area contributed by atoms with Crippen LogP contribution in [0.25, 0.3) is 0 Å². The van der Waals surface area contributed by atoms with Crippen molar-refractivity contribution in [1.29, 1.82) is 0 Å². The molecule has 0 aromatic carbocycles. The molecule has 1 amide bonds. The molecule has 102 valence electrons. The average molecular weight is 253 g/mol. The number of rotatable bonds is 5. The molecule has 4 heteroatoms. The fraction of sp³-hybridized carbons (Fsp3) is 0.929. The number of ether oxygens (including phenoxy) is 2. The second-order valence-electron chi connectivity index (χ2n) is 5.79. The van der Waals surface area contributed by atoms with Crippen molar-refractivity contribution in [2.45, 2.75) is 50.7 Å². The Hall–Kier alpha value is -0.610. The highest BCUT2D eigenvalue weighted by molar-refractivity contribution is 5.81. The van der Waals surface area contributed by atoms with Gasteiger partial charge in [-0.25, -0.2) is 0 Å². The lowest BCUT2D eigenvalue weighted by Gasteiger charge is -2.27. The summed E-state index contributed by atoms with van der Waals surface area (Å²) in [5.41, 5.74) is 0. The van der Waals surface area contributed by atoms with Crippen LogP contribution in [0.4, 0.5) is 0 Å². The van der Waals surface area contributed by atoms with Crippen LogP contribution < -0.4 is 0 Å². The van der Waals surface area contributed by atoms with Crippen molar-refractivity contribution in [2.24, 2.45) is 5.92 Å². The van der Waals surface area contributed by atoms with Crippen molar-refractivity contribution in [1.82, 2.24) is 4.90 Å². The molecule has 1 aliphatic carbocycles. The zero-order valence-electron chi connectivity index (χ0n) is 11.0. The summed E-state index contributed by atoms with van der Waals surface area (Å²) in [6.07, 6.45) is 7.13. The molecule has 1 saturated carbocycles.